The second-order valence-electron chi connectivity index (χ2n) is 5.35. The first-order chi connectivity index (χ1) is 12.3. The standard InChI is InChI=1S/C19H18N4OS/c24-18(14-25-13-15-5-2-1-3-6-15)23-12-17-19(22-10-9-21-17)16-7-4-8-20-11-16/h1-11H,12-14H2,(H,23,24). The molecule has 5 nitrogen and oxygen atoms in total. The topological polar surface area (TPSA) is 67.8 Å². The van der Waals surface area contributed by atoms with E-state index in [0.29, 0.717) is 12.3 Å². The van der Waals surface area contributed by atoms with E-state index in [1.807, 2.05) is 30.3 Å². The number of benzene rings is 1. The van der Waals surface area contributed by atoms with Crippen LogP contribution < -0.4 is 5.32 Å². The zero-order valence-corrected chi connectivity index (χ0v) is 14.4. The van der Waals surface area contributed by atoms with Crippen molar-refractivity contribution in [2.75, 3.05) is 5.75 Å². The summed E-state index contributed by atoms with van der Waals surface area (Å²) >= 11 is 1.59. The molecule has 2 heterocycles. The Labute approximate surface area is 150 Å². The third-order valence-electron chi connectivity index (χ3n) is 3.51. The molecule has 0 saturated carbocycles. The van der Waals surface area contributed by atoms with Crippen LogP contribution >= 0.6 is 11.8 Å². The van der Waals surface area contributed by atoms with Crippen molar-refractivity contribution < 1.29 is 4.79 Å². The van der Waals surface area contributed by atoms with Gasteiger partial charge in [0.15, 0.2) is 0 Å². The fourth-order valence-electron chi connectivity index (χ4n) is 2.31. The first-order valence-electron chi connectivity index (χ1n) is 7.91. The number of carbonyl (C=O) groups excluding carboxylic acids is 1. The van der Waals surface area contributed by atoms with E-state index in [1.54, 1.807) is 36.5 Å². The second-order valence-corrected chi connectivity index (χ2v) is 6.33. The van der Waals surface area contributed by atoms with Crippen molar-refractivity contribution in [1.82, 2.24) is 20.3 Å². The third kappa shape index (κ3) is 5.12. The zero-order chi connectivity index (χ0) is 17.3. The number of hydrogen-bond donors (Lipinski definition) is 1. The van der Waals surface area contributed by atoms with E-state index >= 15 is 0 Å². The summed E-state index contributed by atoms with van der Waals surface area (Å²) in [5.74, 6) is 1.22. The Morgan fingerprint density at radius 3 is 2.64 bits per heavy atom. The van der Waals surface area contributed by atoms with Crippen LogP contribution in [0.5, 0.6) is 0 Å². The molecule has 0 unspecified atom stereocenters. The number of thioether (sulfide) groups is 1. The molecule has 25 heavy (non-hydrogen) atoms. The lowest BCUT2D eigenvalue weighted by Gasteiger charge is -2.09. The zero-order valence-electron chi connectivity index (χ0n) is 13.6. The molecule has 1 N–H and O–H groups in total. The number of hydrogen-bond acceptors (Lipinski definition) is 5. The Bertz CT molecular complexity index is 812. The number of nitrogens with zero attached hydrogens (tertiary/aromatic N) is 3. The fraction of sp³-hybridized carbons (Fsp3) is 0.158. The molecule has 0 radical (unpaired) electrons. The first kappa shape index (κ1) is 17.1. The fourth-order valence-corrected chi connectivity index (χ4v) is 3.13. The minimum absolute atomic E-state index is 0.0104. The van der Waals surface area contributed by atoms with Gasteiger partial charge in [-0.2, -0.15) is 0 Å². The smallest absolute Gasteiger partial charge is 0.230 e. The second kappa shape index (κ2) is 8.94. The summed E-state index contributed by atoms with van der Waals surface area (Å²) in [6, 6.07) is 13.9. The van der Waals surface area contributed by atoms with E-state index in [4.69, 9.17) is 0 Å². The highest BCUT2D eigenvalue weighted by Crippen LogP contribution is 2.18. The predicted molar refractivity (Wildman–Crippen MR) is 99.7 cm³/mol. The quantitative estimate of drug-likeness (QED) is 0.709. The van der Waals surface area contributed by atoms with E-state index in [9.17, 15) is 4.79 Å². The third-order valence-corrected chi connectivity index (χ3v) is 4.51. The van der Waals surface area contributed by atoms with Crippen LogP contribution in [0.4, 0.5) is 0 Å². The summed E-state index contributed by atoms with van der Waals surface area (Å²) in [5, 5.41) is 2.91. The molecule has 0 fully saturated rings. The molecule has 0 atom stereocenters. The molecule has 2 aromatic heterocycles. The molecular formula is C19H18N4OS. The van der Waals surface area contributed by atoms with Gasteiger partial charge in [0.1, 0.15) is 0 Å². The molecule has 0 aliphatic rings. The number of amides is 1. The van der Waals surface area contributed by atoms with Crippen molar-refractivity contribution in [3.8, 4) is 11.3 Å². The predicted octanol–water partition coefficient (Wildman–Crippen LogP) is 3.09. The van der Waals surface area contributed by atoms with Crippen molar-refractivity contribution in [3.05, 3.63) is 78.5 Å². The van der Waals surface area contributed by atoms with Crippen LogP contribution in [0.2, 0.25) is 0 Å². The van der Waals surface area contributed by atoms with Gasteiger partial charge in [-0.15, -0.1) is 11.8 Å². The van der Waals surface area contributed by atoms with Crippen LogP contribution in [0.25, 0.3) is 11.3 Å². The summed E-state index contributed by atoms with van der Waals surface area (Å²) in [7, 11) is 0. The van der Waals surface area contributed by atoms with Gasteiger partial charge in [0.2, 0.25) is 5.91 Å². The largest absolute Gasteiger partial charge is 0.350 e. The molecule has 0 bridgehead atoms. The molecule has 6 heteroatoms. The van der Waals surface area contributed by atoms with E-state index in [1.165, 1.54) is 5.56 Å². The lowest BCUT2D eigenvalue weighted by molar-refractivity contribution is -0.118. The van der Waals surface area contributed by atoms with Gasteiger partial charge in [0.25, 0.3) is 0 Å². The maximum Gasteiger partial charge on any atom is 0.230 e. The summed E-state index contributed by atoms with van der Waals surface area (Å²) in [6.07, 6.45) is 6.73. The molecule has 3 rings (SSSR count). The van der Waals surface area contributed by atoms with Gasteiger partial charge in [-0.1, -0.05) is 30.3 Å². The van der Waals surface area contributed by atoms with E-state index in [2.05, 4.69) is 32.4 Å². The minimum Gasteiger partial charge on any atom is -0.350 e. The Balaban J connectivity index is 1.52. The Morgan fingerprint density at radius 2 is 1.84 bits per heavy atom. The van der Waals surface area contributed by atoms with E-state index in [0.717, 1.165) is 22.7 Å². The van der Waals surface area contributed by atoms with Gasteiger partial charge >= 0.3 is 0 Å². The van der Waals surface area contributed by atoms with E-state index < -0.39 is 0 Å². The normalized spacial score (nSPS) is 10.4. The highest BCUT2D eigenvalue weighted by Gasteiger charge is 2.09. The van der Waals surface area contributed by atoms with Crippen LogP contribution in [0.15, 0.2) is 67.3 Å². The maximum atomic E-state index is 12.1. The molecule has 3 aromatic rings. The lowest BCUT2D eigenvalue weighted by atomic mass is 10.1. The average molecular weight is 350 g/mol. The van der Waals surface area contributed by atoms with Gasteiger partial charge in [-0.05, 0) is 17.7 Å². The van der Waals surface area contributed by atoms with Crippen LogP contribution in [0.1, 0.15) is 11.3 Å². The Kier molecular flexibility index (Phi) is 6.11. The van der Waals surface area contributed by atoms with E-state index in [-0.39, 0.29) is 5.91 Å². The van der Waals surface area contributed by atoms with Crippen molar-refractivity contribution in [1.29, 1.82) is 0 Å². The molecule has 0 aliphatic carbocycles. The summed E-state index contributed by atoms with van der Waals surface area (Å²) in [4.78, 5) is 24.9. The monoisotopic (exact) mass is 350 g/mol. The summed E-state index contributed by atoms with van der Waals surface area (Å²) < 4.78 is 0. The van der Waals surface area contributed by atoms with Crippen molar-refractivity contribution in [2.45, 2.75) is 12.3 Å². The molecule has 0 aliphatic heterocycles. The molecule has 0 saturated heterocycles. The highest BCUT2D eigenvalue weighted by molar-refractivity contribution is 7.99. The molecule has 1 amide bonds. The van der Waals surface area contributed by atoms with Gasteiger partial charge < -0.3 is 5.32 Å². The van der Waals surface area contributed by atoms with Gasteiger partial charge in [-0.3, -0.25) is 19.7 Å². The van der Waals surface area contributed by atoms with Crippen LogP contribution in [-0.2, 0) is 17.1 Å². The minimum atomic E-state index is -0.0104. The maximum absolute atomic E-state index is 12.1. The number of rotatable bonds is 7. The number of pyridine rings is 1. The van der Waals surface area contributed by atoms with Crippen LogP contribution in [0.3, 0.4) is 0 Å². The number of nitrogens with one attached hydrogen (secondary N) is 1. The Morgan fingerprint density at radius 1 is 1.00 bits per heavy atom. The number of aromatic nitrogens is 3. The number of carbonyl (C=O) groups is 1. The first-order valence-corrected chi connectivity index (χ1v) is 9.07. The lowest BCUT2D eigenvalue weighted by Crippen LogP contribution is -2.25. The van der Waals surface area contributed by atoms with Crippen LogP contribution in [-0.4, -0.2) is 26.6 Å². The van der Waals surface area contributed by atoms with Crippen molar-refractivity contribution >= 4 is 17.7 Å². The molecule has 0 spiro atoms. The average Bonchev–Trinajstić information content (AvgIpc) is 2.68. The van der Waals surface area contributed by atoms with Gasteiger partial charge in [0, 0.05) is 36.1 Å². The molecule has 126 valence electrons. The highest BCUT2D eigenvalue weighted by atomic mass is 32.2. The summed E-state index contributed by atoms with van der Waals surface area (Å²) in [5.41, 5.74) is 3.58. The van der Waals surface area contributed by atoms with Gasteiger partial charge in [0.05, 0.1) is 23.7 Å². The molecular weight excluding hydrogens is 332 g/mol. The van der Waals surface area contributed by atoms with Gasteiger partial charge in [-0.25, -0.2) is 0 Å². The summed E-state index contributed by atoms with van der Waals surface area (Å²) in [6.45, 7) is 0.350. The SMILES string of the molecule is O=C(CSCc1ccccc1)NCc1nccnc1-c1cccnc1. The van der Waals surface area contributed by atoms with Crippen LogP contribution in [0, 0.1) is 0 Å². The molecule has 1 aromatic carbocycles. The van der Waals surface area contributed by atoms with Crippen molar-refractivity contribution in [3.63, 3.8) is 0 Å². The Hall–Kier alpha value is -2.73. The van der Waals surface area contributed by atoms with Crippen molar-refractivity contribution in [2.24, 2.45) is 0 Å².